The van der Waals surface area contributed by atoms with Crippen molar-refractivity contribution in [2.45, 2.75) is 32.1 Å². The first-order valence-corrected chi connectivity index (χ1v) is 8.80. The van der Waals surface area contributed by atoms with Crippen molar-refractivity contribution in [3.8, 4) is 11.3 Å². The van der Waals surface area contributed by atoms with E-state index in [0.29, 0.717) is 0 Å². The molecule has 0 atom stereocenters. The van der Waals surface area contributed by atoms with E-state index in [9.17, 15) is 0 Å². The molecule has 0 saturated carbocycles. The van der Waals surface area contributed by atoms with Crippen LogP contribution in [0.4, 0.5) is 5.82 Å². The predicted octanol–water partition coefficient (Wildman–Crippen LogP) is 3.14. The summed E-state index contributed by atoms with van der Waals surface area (Å²) in [5.74, 6) is 1.03. The van der Waals surface area contributed by atoms with E-state index in [4.69, 9.17) is 0 Å². The van der Waals surface area contributed by atoms with E-state index in [1.54, 1.807) is 6.33 Å². The molecule has 4 rings (SSSR count). The van der Waals surface area contributed by atoms with E-state index < -0.39 is 0 Å². The average molecular weight is 308 g/mol. The van der Waals surface area contributed by atoms with Gasteiger partial charge in [0, 0.05) is 24.2 Å². The molecule has 0 spiro atoms. The zero-order valence-corrected chi connectivity index (χ0v) is 13.6. The van der Waals surface area contributed by atoms with Crippen molar-refractivity contribution in [1.29, 1.82) is 0 Å². The molecular formula is C19H24N4. The Morgan fingerprint density at radius 1 is 1.00 bits per heavy atom. The Bertz CT molecular complexity index is 677. The topological polar surface area (TPSA) is 41.0 Å². The van der Waals surface area contributed by atoms with Gasteiger partial charge in [-0.15, -0.1) is 0 Å². The summed E-state index contributed by atoms with van der Waals surface area (Å²) in [5, 5.41) is 3.57. The molecule has 4 nitrogen and oxygen atoms in total. The van der Waals surface area contributed by atoms with Crippen LogP contribution >= 0.6 is 0 Å². The van der Waals surface area contributed by atoms with E-state index >= 15 is 0 Å². The lowest BCUT2D eigenvalue weighted by Gasteiger charge is -2.17. The number of rotatable bonds is 4. The van der Waals surface area contributed by atoms with Gasteiger partial charge in [0.15, 0.2) is 0 Å². The fourth-order valence-electron chi connectivity index (χ4n) is 3.80. The second-order valence-electron chi connectivity index (χ2n) is 6.54. The number of hydrogen-bond acceptors (Lipinski definition) is 4. The Kier molecular flexibility index (Phi) is 4.24. The van der Waals surface area contributed by atoms with E-state index in [0.717, 1.165) is 43.9 Å². The highest BCUT2D eigenvalue weighted by molar-refractivity contribution is 5.72. The van der Waals surface area contributed by atoms with Gasteiger partial charge in [-0.1, -0.05) is 24.3 Å². The molecule has 1 aromatic heterocycles. The van der Waals surface area contributed by atoms with Crippen molar-refractivity contribution in [3.05, 3.63) is 41.7 Å². The maximum atomic E-state index is 4.61. The molecule has 4 heteroatoms. The summed E-state index contributed by atoms with van der Waals surface area (Å²) in [6.45, 7) is 4.56. The lowest BCUT2D eigenvalue weighted by atomic mass is 10.0. The largest absolute Gasteiger partial charge is 0.368 e. The minimum atomic E-state index is 0.963. The van der Waals surface area contributed by atoms with Crippen molar-refractivity contribution in [1.82, 2.24) is 14.9 Å². The molecular weight excluding hydrogens is 284 g/mol. The van der Waals surface area contributed by atoms with Crippen LogP contribution in [0.1, 0.15) is 30.4 Å². The molecule has 0 unspecified atom stereocenters. The molecule has 1 aliphatic carbocycles. The van der Waals surface area contributed by atoms with E-state index in [1.807, 2.05) is 0 Å². The first-order valence-electron chi connectivity index (χ1n) is 8.80. The number of fused-ring (bicyclic) bond motifs is 3. The van der Waals surface area contributed by atoms with Crippen molar-refractivity contribution < 1.29 is 0 Å². The molecule has 0 bridgehead atoms. The van der Waals surface area contributed by atoms with Crippen LogP contribution in [0.2, 0.25) is 0 Å². The van der Waals surface area contributed by atoms with Gasteiger partial charge in [0.25, 0.3) is 0 Å². The molecule has 1 N–H and O–H groups in total. The van der Waals surface area contributed by atoms with Crippen LogP contribution in [0.25, 0.3) is 11.3 Å². The van der Waals surface area contributed by atoms with Crippen LogP contribution in [0.15, 0.2) is 30.6 Å². The summed E-state index contributed by atoms with van der Waals surface area (Å²) in [4.78, 5) is 11.7. The zero-order valence-electron chi connectivity index (χ0n) is 13.6. The van der Waals surface area contributed by atoms with Crippen molar-refractivity contribution in [2.24, 2.45) is 0 Å². The van der Waals surface area contributed by atoms with Crippen LogP contribution in [-0.4, -0.2) is 41.0 Å². The third-order valence-electron chi connectivity index (χ3n) is 5.01. The fraction of sp³-hybridized carbons (Fsp3) is 0.474. The minimum Gasteiger partial charge on any atom is -0.368 e. The molecule has 2 heterocycles. The summed E-state index contributed by atoms with van der Waals surface area (Å²) in [6, 6.07) is 8.66. The van der Waals surface area contributed by atoms with E-state index in [-0.39, 0.29) is 0 Å². The van der Waals surface area contributed by atoms with Gasteiger partial charge >= 0.3 is 0 Å². The van der Waals surface area contributed by atoms with Gasteiger partial charge in [0.1, 0.15) is 12.1 Å². The SMILES string of the molecule is c1ccc2c(c1)CCCc1c(NCCN3CCCC3)ncnc1-2. The van der Waals surface area contributed by atoms with E-state index in [1.165, 1.54) is 42.6 Å². The minimum absolute atomic E-state index is 0.963. The predicted molar refractivity (Wildman–Crippen MR) is 93.7 cm³/mol. The van der Waals surface area contributed by atoms with Gasteiger partial charge in [0.2, 0.25) is 0 Å². The standard InChI is InChI=1S/C19H24N4/c1-2-8-16-15(6-1)7-5-9-17-18(16)21-14-22-19(17)20-10-13-23-11-3-4-12-23/h1-2,6,8,14H,3-5,7,9-13H2,(H,20,21,22). The molecule has 1 saturated heterocycles. The number of benzene rings is 1. The van der Waals surface area contributed by atoms with Gasteiger partial charge in [-0.2, -0.15) is 0 Å². The molecule has 1 fully saturated rings. The Balaban J connectivity index is 1.56. The van der Waals surface area contributed by atoms with Gasteiger partial charge in [-0.25, -0.2) is 9.97 Å². The number of aryl methyl sites for hydroxylation is 1. The highest BCUT2D eigenvalue weighted by Crippen LogP contribution is 2.33. The van der Waals surface area contributed by atoms with Gasteiger partial charge in [-0.05, 0) is 50.8 Å². The zero-order chi connectivity index (χ0) is 15.5. The monoisotopic (exact) mass is 308 g/mol. The molecule has 0 radical (unpaired) electrons. The van der Waals surface area contributed by atoms with Gasteiger partial charge in [-0.3, -0.25) is 0 Å². The number of nitrogens with zero attached hydrogens (tertiary/aromatic N) is 3. The van der Waals surface area contributed by atoms with E-state index in [2.05, 4.69) is 44.5 Å². The second kappa shape index (κ2) is 6.67. The summed E-state index contributed by atoms with van der Waals surface area (Å²) < 4.78 is 0. The first kappa shape index (κ1) is 14.6. The Morgan fingerprint density at radius 2 is 1.87 bits per heavy atom. The number of nitrogens with one attached hydrogen (secondary N) is 1. The number of likely N-dealkylation sites (tertiary alicyclic amines) is 1. The number of hydrogen-bond donors (Lipinski definition) is 1. The summed E-state index contributed by atoms with van der Waals surface area (Å²) >= 11 is 0. The molecule has 2 aromatic rings. The summed E-state index contributed by atoms with van der Waals surface area (Å²) in [7, 11) is 0. The highest BCUT2D eigenvalue weighted by Gasteiger charge is 2.19. The second-order valence-corrected chi connectivity index (χ2v) is 6.54. The molecule has 0 amide bonds. The lowest BCUT2D eigenvalue weighted by Crippen LogP contribution is -2.26. The lowest BCUT2D eigenvalue weighted by molar-refractivity contribution is 0.352. The van der Waals surface area contributed by atoms with Crippen LogP contribution in [0.5, 0.6) is 0 Å². The molecule has 2 aliphatic rings. The molecule has 1 aliphatic heterocycles. The summed E-state index contributed by atoms with van der Waals surface area (Å²) in [5.41, 5.74) is 5.11. The van der Waals surface area contributed by atoms with Crippen molar-refractivity contribution >= 4 is 5.82 Å². The quantitative estimate of drug-likeness (QED) is 0.942. The van der Waals surface area contributed by atoms with Crippen LogP contribution in [0.3, 0.4) is 0 Å². The Morgan fingerprint density at radius 3 is 2.78 bits per heavy atom. The molecule has 1 aromatic carbocycles. The van der Waals surface area contributed by atoms with Crippen LogP contribution in [-0.2, 0) is 12.8 Å². The molecule has 120 valence electrons. The summed E-state index contributed by atoms with van der Waals surface area (Å²) in [6.07, 6.45) is 7.74. The van der Waals surface area contributed by atoms with Crippen LogP contribution in [0, 0.1) is 0 Å². The first-order chi connectivity index (χ1) is 11.4. The Hall–Kier alpha value is -1.94. The maximum absolute atomic E-state index is 4.61. The van der Waals surface area contributed by atoms with Crippen molar-refractivity contribution in [2.75, 3.05) is 31.5 Å². The fourth-order valence-corrected chi connectivity index (χ4v) is 3.80. The van der Waals surface area contributed by atoms with Gasteiger partial charge < -0.3 is 10.2 Å². The Labute approximate surface area is 138 Å². The van der Waals surface area contributed by atoms with Crippen molar-refractivity contribution in [3.63, 3.8) is 0 Å². The maximum Gasteiger partial charge on any atom is 0.133 e. The van der Waals surface area contributed by atoms with Crippen LogP contribution < -0.4 is 5.32 Å². The smallest absolute Gasteiger partial charge is 0.133 e. The number of aromatic nitrogens is 2. The molecule has 23 heavy (non-hydrogen) atoms. The average Bonchev–Trinajstić information content (AvgIpc) is 3.02. The third-order valence-corrected chi connectivity index (χ3v) is 5.01. The highest BCUT2D eigenvalue weighted by atomic mass is 15.2. The third kappa shape index (κ3) is 3.08. The van der Waals surface area contributed by atoms with Gasteiger partial charge in [0.05, 0.1) is 5.69 Å². The normalized spacial score (nSPS) is 17.4. The number of anilines is 1.